The largest absolute Gasteiger partial charge is 0.493 e. The van der Waals surface area contributed by atoms with Crippen molar-refractivity contribution in [2.24, 2.45) is 5.92 Å². The molecule has 0 bridgehead atoms. The van der Waals surface area contributed by atoms with Gasteiger partial charge in [-0.3, -0.25) is 14.4 Å². The van der Waals surface area contributed by atoms with E-state index in [-0.39, 0.29) is 23.8 Å². The van der Waals surface area contributed by atoms with E-state index in [0.717, 1.165) is 0 Å². The Balaban J connectivity index is 1.81. The van der Waals surface area contributed by atoms with Crippen LogP contribution in [0.5, 0.6) is 11.5 Å². The van der Waals surface area contributed by atoms with Gasteiger partial charge in [-0.25, -0.2) is 0 Å². The van der Waals surface area contributed by atoms with Gasteiger partial charge in [-0.05, 0) is 11.6 Å². The molecule has 0 aromatic heterocycles. The fraction of sp³-hybridized carbons (Fsp3) is 0.192. The lowest BCUT2D eigenvalue weighted by molar-refractivity contribution is 0.0793. The molecule has 0 amide bonds. The minimum Gasteiger partial charge on any atom is -0.493 e. The number of rotatable bonds is 7. The van der Waals surface area contributed by atoms with E-state index >= 15 is 0 Å². The number of methoxy groups -OCH3 is 2. The maximum atomic E-state index is 13.5. The highest BCUT2D eigenvalue weighted by Crippen LogP contribution is 2.48. The molecule has 5 nitrogen and oxygen atoms in total. The summed E-state index contributed by atoms with van der Waals surface area (Å²) < 4.78 is 10.8. The Morgan fingerprint density at radius 1 is 0.806 bits per heavy atom. The third kappa shape index (κ3) is 3.63. The Kier molecular flexibility index (Phi) is 5.67. The van der Waals surface area contributed by atoms with E-state index in [0.29, 0.717) is 33.8 Å². The van der Waals surface area contributed by atoms with Gasteiger partial charge in [-0.15, -0.1) is 0 Å². The molecule has 0 radical (unpaired) electrons. The maximum Gasteiger partial charge on any atom is 0.178 e. The molecular formula is C26H22O5. The summed E-state index contributed by atoms with van der Waals surface area (Å²) in [6.45, 7) is 0. The molecule has 5 heteroatoms. The maximum absolute atomic E-state index is 13.5. The van der Waals surface area contributed by atoms with Gasteiger partial charge >= 0.3 is 0 Å². The number of carbonyl (C=O) groups is 3. The second-order valence-corrected chi connectivity index (χ2v) is 7.44. The molecule has 1 aliphatic carbocycles. The lowest BCUT2D eigenvalue weighted by Gasteiger charge is -2.18. The number of ketones is 3. The average molecular weight is 414 g/mol. The van der Waals surface area contributed by atoms with Crippen molar-refractivity contribution in [3.63, 3.8) is 0 Å². The molecule has 3 aromatic rings. The predicted molar refractivity (Wildman–Crippen MR) is 116 cm³/mol. The van der Waals surface area contributed by atoms with Gasteiger partial charge in [0.05, 0.1) is 25.7 Å². The smallest absolute Gasteiger partial charge is 0.178 e. The van der Waals surface area contributed by atoms with Crippen LogP contribution in [0.3, 0.4) is 0 Å². The van der Waals surface area contributed by atoms with Crippen molar-refractivity contribution >= 4 is 17.3 Å². The third-order valence-electron chi connectivity index (χ3n) is 5.75. The molecule has 0 unspecified atom stereocenters. The summed E-state index contributed by atoms with van der Waals surface area (Å²) in [5, 5.41) is 0. The summed E-state index contributed by atoms with van der Waals surface area (Å²) >= 11 is 0. The van der Waals surface area contributed by atoms with Crippen molar-refractivity contribution in [3.8, 4) is 11.5 Å². The molecule has 0 fully saturated rings. The van der Waals surface area contributed by atoms with E-state index in [9.17, 15) is 14.4 Å². The van der Waals surface area contributed by atoms with Crippen LogP contribution < -0.4 is 9.47 Å². The molecule has 0 N–H and O–H groups in total. The summed E-state index contributed by atoms with van der Waals surface area (Å²) in [6.07, 6.45) is 0.0431. The SMILES string of the molecule is COc1ccc2c(c1OC)C(=O)[C@@H](C(=O)c1ccccc1)[C@@H]2CC(=O)c1ccccc1. The molecule has 0 saturated heterocycles. The zero-order valence-electron chi connectivity index (χ0n) is 17.3. The monoisotopic (exact) mass is 414 g/mol. The normalized spacial score (nSPS) is 17.2. The van der Waals surface area contributed by atoms with Gasteiger partial charge in [0.25, 0.3) is 0 Å². The number of Topliss-reactive ketones (excluding diaryl/α,β-unsaturated/α-hetero) is 3. The highest BCUT2D eigenvalue weighted by atomic mass is 16.5. The Bertz CT molecular complexity index is 1140. The fourth-order valence-corrected chi connectivity index (χ4v) is 4.28. The number of hydrogen-bond acceptors (Lipinski definition) is 5. The van der Waals surface area contributed by atoms with Crippen LogP contribution in [-0.4, -0.2) is 31.6 Å². The van der Waals surface area contributed by atoms with E-state index in [1.807, 2.05) is 12.1 Å². The lowest BCUT2D eigenvalue weighted by Crippen LogP contribution is -2.26. The molecule has 0 spiro atoms. The van der Waals surface area contributed by atoms with Crippen molar-refractivity contribution < 1.29 is 23.9 Å². The molecule has 31 heavy (non-hydrogen) atoms. The van der Waals surface area contributed by atoms with Gasteiger partial charge in [-0.1, -0.05) is 66.7 Å². The molecule has 156 valence electrons. The third-order valence-corrected chi connectivity index (χ3v) is 5.75. The quantitative estimate of drug-likeness (QED) is 0.412. The molecule has 1 aliphatic rings. The lowest BCUT2D eigenvalue weighted by atomic mass is 9.82. The summed E-state index contributed by atoms with van der Waals surface area (Å²) in [7, 11) is 2.95. The van der Waals surface area contributed by atoms with Gasteiger partial charge < -0.3 is 9.47 Å². The molecular weight excluding hydrogens is 392 g/mol. The first-order valence-corrected chi connectivity index (χ1v) is 10.0. The summed E-state index contributed by atoms with van der Waals surface area (Å²) in [6, 6.07) is 21.1. The summed E-state index contributed by atoms with van der Waals surface area (Å²) in [5.41, 5.74) is 1.95. The van der Waals surface area contributed by atoms with Crippen LogP contribution in [-0.2, 0) is 0 Å². The van der Waals surface area contributed by atoms with Crippen LogP contribution in [0, 0.1) is 5.92 Å². The van der Waals surface area contributed by atoms with E-state index < -0.39 is 11.8 Å². The number of hydrogen-bond donors (Lipinski definition) is 0. The van der Waals surface area contributed by atoms with E-state index in [2.05, 4.69) is 0 Å². The number of carbonyl (C=O) groups excluding carboxylic acids is 3. The predicted octanol–water partition coefficient (Wildman–Crippen LogP) is 4.76. The average Bonchev–Trinajstić information content (AvgIpc) is 3.10. The van der Waals surface area contributed by atoms with Gasteiger partial charge in [-0.2, -0.15) is 0 Å². The van der Waals surface area contributed by atoms with Gasteiger partial charge in [0.2, 0.25) is 0 Å². The van der Waals surface area contributed by atoms with Crippen LogP contribution in [0.1, 0.15) is 49.0 Å². The zero-order valence-corrected chi connectivity index (χ0v) is 17.3. The van der Waals surface area contributed by atoms with Crippen molar-refractivity contribution in [2.75, 3.05) is 14.2 Å². The molecule has 3 aromatic carbocycles. The Hall–Kier alpha value is -3.73. The molecule has 2 atom stereocenters. The second kappa shape index (κ2) is 8.56. The number of fused-ring (bicyclic) bond motifs is 1. The zero-order chi connectivity index (χ0) is 22.0. The molecule has 0 heterocycles. The topological polar surface area (TPSA) is 69.7 Å². The summed E-state index contributed by atoms with van der Waals surface area (Å²) in [5.74, 6) is -1.62. The van der Waals surface area contributed by atoms with Crippen molar-refractivity contribution in [2.45, 2.75) is 12.3 Å². The first kappa shape index (κ1) is 20.5. The van der Waals surface area contributed by atoms with Crippen molar-refractivity contribution in [1.29, 1.82) is 0 Å². The Morgan fingerprint density at radius 3 is 2.00 bits per heavy atom. The Labute approximate surface area is 180 Å². The summed E-state index contributed by atoms with van der Waals surface area (Å²) in [4.78, 5) is 39.9. The van der Waals surface area contributed by atoms with Gasteiger partial charge in [0, 0.05) is 23.5 Å². The molecule has 4 rings (SSSR count). The minimum absolute atomic E-state index is 0.0431. The van der Waals surface area contributed by atoms with E-state index in [1.165, 1.54) is 14.2 Å². The van der Waals surface area contributed by atoms with Crippen LogP contribution in [0.2, 0.25) is 0 Å². The highest BCUT2D eigenvalue weighted by Gasteiger charge is 2.47. The van der Waals surface area contributed by atoms with Crippen LogP contribution in [0.15, 0.2) is 72.8 Å². The first-order chi connectivity index (χ1) is 15.1. The van der Waals surface area contributed by atoms with E-state index in [1.54, 1.807) is 60.7 Å². The first-order valence-electron chi connectivity index (χ1n) is 10.0. The minimum atomic E-state index is -0.994. The van der Waals surface area contributed by atoms with Crippen molar-refractivity contribution in [1.82, 2.24) is 0 Å². The second-order valence-electron chi connectivity index (χ2n) is 7.44. The van der Waals surface area contributed by atoms with Crippen LogP contribution >= 0.6 is 0 Å². The number of benzene rings is 3. The van der Waals surface area contributed by atoms with Gasteiger partial charge in [0.15, 0.2) is 28.8 Å². The fourth-order valence-electron chi connectivity index (χ4n) is 4.28. The Morgan fingerprint density at radius 2 is 1.42 bits per heavy atom. The van der Waals surface area contributed by atoms with Gasteiger partial charge in [0.1, 0.15) is 0 Å². The van der Waals surface area contributed by atoms with Crippen molar-refractivity contribution in [3.05, 3.63) is 95.1 Å². The number of ether oxygens (including phenoxy) is 2. The molecule has 0 saturated carbocycles. The van der Waals surface area contributed by atoms with Crippen LogP contribution in [0.25, 0.3) is 0 Å². The van der Waals surface area contributed by atoms with E-state index in [4.69, 9.17) is 9.47 Å². The van der Waals surface area contributed by atoms with Crippen LogP contribution in [0.4, 0.5) is 0 Å². The standard InChI is InChI=1S/C26H22O5/c1-30-21-14-13-18-19(15-20(27)16-9-5-3-6-10-16)22(25(29)23(18)26(21)31-2)24(28)17-11-7-4-8-12-17/h3-14,19,22H,15H2,1-2H3/t19-,22-/m1/s1. The molecule has 0 aliphatic heterocycles. The highest BCUT2D eigenvalue weighted by molar-refractivity contribution is 6.21.